The lowest BCUT2D eigenvalue weighted by Crippen LogP contribution is -2.59. The third kappa shape index (κ3) is 4.44. The van der Waals surface area contributed by atoms with Crippen LogP contribution in [-0.2, 0) is 4.74 Å². The minimum Gasteiger partial charge on any atom is -0.371 e. The molecule has 0 saturated carbocycles. The van der Waals surface area contributed by atoms with Gasteiger partial charge in [-0.3, -0.25) is 0 Å². The van der Waals surface area contributed by atoms with Crippen LogP contribution in [0.25, 0.3) is 0 Å². The maximum atomic E-state index is 6.00. The van der Waals surface area contributed by atoms with Crippen LogP contribution in [0.1, 0.15) is 47.0 Å². The lowest BCUT2D eigenvalue weighted by atomic mass is 9.77. The first-order valence-corrected chi connectivity index (χ1v) is 7.96. The van der Waals surface area contributed by atoms with Crippen LogP contribution in [-0.4, -0.2) is 49.8 Å². The first kappa shape index (κ1) is 15.3. The number of likely N-dealkylation sites (tertiary alicyclic amines) is 1. The fourth-order valence-electron chi connectivity index (χ4n) is 3.25. The number of hydrogen-bond acceptors (Lipinski definition) is 3. The van der Waals surface area contributed by atoms with Crippen molar-refractivity contribution < 1.29 is 4.74 Å². The first-order valence-electron chi connectivity index (χ1n) is 7.96. The van der Waals surface area contributed by atoms with Crippen molar-refractivity contribution in [3.63, 3.8) is 0 Å². The van der Waals surface area contributed by atoms with Gasteiger partial charge in [0.2, 0.25) is 0 Å². The smallest absolute Gasteiger partial charge is 0.0902 e. The van der Waals surface area contributed by atoms with Crippen molar-refractivity contribution in [3.8, 4) is 0 Å². The quantitative estimate of drug-likeness (QED) is 0.848. The van der Waals surface area contributed by atoms with E-state index in [0.717, 1.165) is 32.2 Å². The predicted molar refractivity (Wildman–Crippen MR) is 80.5 cm³/mol. The van der Waals surface area contributed by atoms with Crippen LogP contribution in [0.5, 0.6) is 0 Å². The van der Waals surface area contributed by atoms with Gasteiger partial charge in [-0.2, -0.15) is 0 Å². The van der Waals surface area contributed by atoms with Crippen LogP contribution in [0.2, 0.25) is 0 Å². The largest absolute Gasteiger partial charge is 0.371 e. The lowest BCUT2D eigenvalue weighted by molar-refractivity contribution is -0.0720. The summed E-state index contributed by atoms with van der Waals surface area (Å²) in [6.07, 6.45) is 4.09. The van der Waals surface area contributed by atoms with Gasteiger partial charge in [0.05, 0.1) is 12.2 Å². The molecule has 0 aromatic carbocycles. The molecule has 2 rings (SSSR count). The first-order chi connectivity index (χ1) is 8.89. The van der Waals surface area contributed by atoms with Crippen molar-refractivity contribution in [1.82, 2.24) is 10.2 Å². The van der Waals surface area contributed by atoms with Crippen LogP contribution in [0.15, 0.2) is 0 Å². The van der Waals surface area contributed by atoms with E-state index in [-0.39, 0.29) is 5.60 Å². The number of rotatable bonds is 4. The Morgan fingerprint density at radius 3 is 2.53 bits per heavy atom. The summed E-state index contributed by atoms with van der Waals surface area (Å²) in [6, 6.07) is 0. The van der Waals surface area contributed by atoms with Gasteiger partial charge in [-0.1, -0.05) is 20.8 Å². The maximum absolute atomic E-state index is 6.00. The summed E-state index contributed by atoms with van der Waals surface area (Å²) < 4.78 is 6.00. The normalized spacial score (nSPS) is 28.7. The number of nitrogens with zero attached hydrogens (tertiary/aromatic N) is 1. The van der Waals surface area contributed by atoms with Gasteiger partial charge in [0, 0.05) is 19.6 Å². The molecule has 0 aromatic heterocycles. The Morgan fingerprint density at radius 2 is 1.95 bits per heavy atom. The van der Waals surface area contributed by atoms with Crippen LogP contribution < -0.4 is 5.32 Å². The number of hydrogen-bond donors (Lipinski definition) is 1. The molecule has 2 aliphatic heterocycles. The zero-order valence-corrected chi connectivity index (χ0v) is 13.3. The molecule has 2 fully saturated rings. The number of nitrogens with one attached hydrogen (secondary N) is 1. The Bertz CT molecular complexity index is 281. The van der Waals surface area contributed by atoms with Crippen molar-refractivity contribution in [2.45, 2.75) is 52.6 Å². The lowest BCUT2D eigenvalue weighted by Gasteiger charge is -2.39. The molecule has 0 aromatic rings. The van der Waals surface area contributed by atoms with Gasteiger partial charge >= 0.3 is 0 Å². The molecule has 0 spiro atoms. The Morgan fingerprint density at radius 1 is 1.21 bits per heavy atom. The predicted octanol–water partition coefficient (Wildman–Crippen LogP) is 2.51. The molecule has 2 heterocycles. The fraction of sp³-hybridized carbons (Fsp3) is 1.00. The zero-order valence-electron chi connectivity index (χ0n) is 13.3. The molecule has 0 aliphatic carbocycles. The molecule has 112 valence electrons. The second kappa shape index (κ2) is 6.11. The second-order valence-corrected chi connectivity index (χ2v) is 7.74. The average molecular weight is 268 g/mol. The van der Waals surface area contributed by atoms with Gasteiger partial charge in [0.25, 0.3) is 0 Å². The van der Waals surface area contributed by atoms with E-state index in [4.69, 9.17) is 4.74 Å². The topological polar surface area (TPSA) is 24.5 Å². The molecule has 1 unspecified atom stereocenters. The van der Waals surface area contributed by atoms with Gasteiger partial charge in [0.15, 0.2) is 0 Å². The molecule has 19 heavy (non-hydrogen) atoms. The summed E-state index contributed by atoms with van der Waals surface area (Å²) in [4.78, 5) is 2.60. The van der Waals surface area contributed by atoms with E-state index >= 15 is 0 Å². The highest BCUT2D eigenvalue weighted by Crippen LogP contribution is 2.34. The molecular formula is C16H32N2O. The minimum absolute atomic E-state index is 0.111. The highest BCUT2D eigenvalue weighted by molar-refractivity contribution is 4.90. The third-order valence-corrected chi connectivity index (χ3v) is 4.90. The molecule has 3 heteroatoms. The van der Waals surface area contributed by atoms with Crippen molar-refractivity contribution >= 4 is 0 Å². The van der Waals surface area contributed by atoms with Gasteiger partial charge in [-0.05, 0) is 50.6 Å². The van der Waals surface area contributed by atoms with Gasteiger partial charge in [-0.15, -0.1) is 0 Å². The van der Waals surface area contributed by atoms with Crippen LogP contribution >= 0.6 is 0 Å². The summed E-state index contributed by atoms with van der Waals surface area (Å²) >= 11 is 0. The SMILES string of the molecule is CC1(OCCN2CCCC(C(C)(C)C)CC2)CNC1. The Kier molecular flexibility index (Phi) is 4.91. The van der Waals surface area contributed by atoms with E-state index in [2.05, 4.69) is 37.9 Å². The summed E-state index contributed by atoms with van der Waals surface area (Å²) in [6.45, 7) is 15.9. The van der Waals surface area contributed by atoms with E-state index < -0.39 is 0 Å². The van der Waals surface area contributed by atoms with Gasteiger partial charge in [-0.25, -0.2) is 0 Å². The van der Waals surface area contributed by atoms with Crippen LogP contribution in [0.3, 0.4) is 0 Å². The third-order valence-electron chi connectivity index (χ3n) is 4.90. The van der Waals surface area contributed by atoms with Crippen molar-refractivity contribution in [2.24, 2.45) is 11.3 Å². The van der Waals surface area contributed by atoms with Gasteiger partial charge in [0.1, 0.15) is 0 Å². The van der Waals surface area contributed by atoms with E-state index in [0.29, 0.717) is 5.41 Å². The maximum Gasteiger partial charge on any atom is 0.0902 e. The Hall–Kier alpha value is -0.120. The Labute approximate surface area is 119 Å². The molecule has 3 nitrogen and oxygen atoms in total. The van der Waals surface area contributed by atoms with E-state index in [1.165, 1.54) is 32.4 Å². The van der Waals surface area contributed by atoms with E-state index in [9.17, 15) is 0 Å². The summed E-state index contributed by atoms with van der Waals surface area (Å²) in [5.74, 6) is 0.881. The number of ether oxygens (including phenoxy) is 1. The molecule has 2 aliphatic rings. The molecule has 0 radical (unpaired) electrons. The van der Waals surface area contributed by atoms with Crippen molar-refractivity contribution in [1.29, 1.82) is 0 Å². The highest BCUT2D eigenvalue weighted by Gasteiger charge is 2.32. The van der Waals surface area contributed by atoms with Crippen LogP contribution in [0.4, 0.5) is 0 Å². The molecule has 0 bridgehead atoms. The van der Waals surface area contributed by atoms with E-state index in [1.54, 1.807) is 0 Å². The second-order valence-electron chi connectivity index (χ2n) is 7.74. The Balaban J connectivity index is 1.68. The van der Waals surface area contributed by atoms with Gasteiger partial charge < -0.3 is 15.0 Å². The van der Waals surface area contributed by atoms with Crippen molar-refractivity contribution in [2.75, 3.05) is 39.3 Å². The van der Waals surface area contributed by atoms with Crippen molar-refractivity contribution in [3.05, 3.63) is 0 Å². The standard InChI is InChI=1S/C16H32N2O/c1-15(2,3)14-6-5-8-18(9-7-14)10-11-19-16(4)12-17-13-16/h14,17H,5-13H2,1-4H3. The molecular weight excluding hydrogens is 236 g/mol. The van der Waals surface area contributed by atoms with E-state index in [1.807, 2.05) is 0 Å². The zero-order chi connectivity index (χ0) is 13.9. The molecule has 1 atom stereocenters. The molecule has 0 amide bonds. The minimum atomic E-state index is 0.111. The summed E-state index contributed by atoms with van der Waals surface area (Å²) in [5, 5.41) is 3.28. The average Bonchev–Trinajstić information content (AvgIpc) is 2.52. The monoisotopic (exact) mass is 268 g/mol. The summed E-state index contributed by atoms with van der Waals surface area (Å²) in [5.41, 5.74) is 0.581. The highest BCUT2D eigenvalue weighted by atomic mass is 16.5. The summed E-state index contributed by atoms with van der Waals surface area (Å²) in [7, 11) is 0. The fourth-order valence-corrected chi connectivity index (χ4v) is 3.25. The van der Waals surface area contributed by atoms with Crippen LogP contribution in [0, 0.1) is 11.3 Å². The molecule has 1 N–H and O–H groups in total. The molecule has 2 saturated heterocycles.